The lowest BCUT2D eigenvalue weighted by Crippen LogP contribution is -2.52. The molecule has 4 rings (SSSR count). The SMILES string of the molecule is CN=C(NCc1ccc(N2CC(C)OC(C)C2)nc1)N1CCN(c2cccs2)CC1.I. The van der Waals surface area contributed by atoms with E-state index in [1.54, 1.807) is 0 Å². The molecule has 7 nitrogen and oxygen atoms in total. The van der Waals surface area contributed by atoms with Crippen LogP contribution in [0.4, 0.5) is 10.8 Å². The maximum atomic E-state index is 5.82. The van der Waals surface area contributed by atoms with Crippen molar-refractivity contribution < 1.29 is 4.74 Å². The number of guanidine groups is 1. The van der Waals surface area contributed by atoms with Crippen LogP contribution in [0.3, 0.4) is 0 Å². The number of halogens is 1. The molecule has 9 heteroatoms. The van der Waals surface area contributed by atoms with Crippen LogP contribution in [0.15, 0.2) is 40.8 Å². The number of thiophene rings is 1. The number of rotatable bonds is 4. The lowest BCUT2D eigenvalue weighted by atomic mass is 10.2. The number of nitrogens with zero attached hydrogens (tertiary/aromatic N) is 5. The van der Waals surface area contributed by atoms with Crippen molar-refractivity contribution in [3.8, 4) is 0 Å². The molecule has 170 valence electrons. The van der Waals surface area contributed by atoms with Gasteiger partial charge in [-0.2, -0.15) is 0 Å². The standard InChI is InChI=1S/C22H32N6OS.HI/c1-17-15-28(16-18(2)29-17)20-7-6-19(13-24-20)14-25-22(23-3)27-10-8-26(9-11-27)21-5-4-12-30-21;/h4-7,12-13,17-18H,8-11,14-16H2,1-3H3,(H,23,25);1H. The number of hydrogen-bond donors (Lipinski definition) is 1. The van der Waals surface area contributed by atoms with Crippen molar-refractivity contribution in [1.82, 2.24) is 15.2 Å². The molecule has 0 aliphatic carbocycles. The molecular formula is C22H33IN6OS. The van der Waals surface area contributed by atoms with Gasteiger partial charge in [0.15, 0.2) is 5.96 Å². The van der Waals surface area contributed by atoms with E-state index in [4.69, 9.17) is 9.72 Å². The quantitative estimate of drug-likeness (QED) is 0.355. The average Bonchev–Trinajstić information content (AvgIpc) is 3.29. The Bertz CT molecular complexity index is 813. The summed E-state index contributed by atoms with van der Waals surface area (Å²) in [5.41, 5.74) is 1.16. The van der Waals surface area contributed by atoms with Gasteiger partial charge in [0, 0.05) is 59.1 Å². The molecule has 2 aromatic heterocycles. The normalized spacial score (nSPS) is 22.3. The Kier molecular flexibility index (Phi) is 8.79. The second-order valence-corrected chi connectivity index (χ2v) is 8.94. The summed E-state index contributed by atoms with van der Waals surface area (Å²) in [6.45, 7) is 10.7. The zero-order valence-corrected chi connectivity index (χ0v) is 21.7. The molecule has 2 aliphatic heterocycles. The zero-order chi connectivity index (χ0) is 20.9. The molecule has 1 N–H and O–H groups in total. The predicted molar refractivity (Wildman–Crippen MR) is 140 cm³/mol. The fourth-order valence-electron chi connectivity index (χ4n) is 4.18. The van der Waals surface area contributed by atoms with Crippen molar-refractivity contribution >= 4 is 52.1 Å². The second kappa shape index (κ2) is 11.3. The molecule has 2 fully saturated rings. The largest absolute Gasteiger partial charge is 0.372 e. The topological polar surface area (TPSA) is 56.2 Å². The van der Waals surface area contributed by atoms with Crippen molar-refractivity contribution in [3.63, 3.8) is 0 Å². The number of anilines is 2. The number of hydrogen-bond acceptors (Lipinski definition) is 6. The van der Waals surface area contributed by atoms with E-state index in [0.29, 0.717) is 0 Å². The first-order valence-corrected chi connectivity index (χ1v) is 11.6. The van der Waals surface area contributed by atoms with Crippen LogP contribution >= 0.6 is 35.3 Å². The molecule has 2 unspecified atom stereocenters. The fourth-order valence-corrected chi connectivity index (χ4v) is 4.96. The van der Waals surface area contributed by atoms with E-state index in [-0.39, 0.29) is 36.2 Å². The minimum Gasteiger partial charge on any atom is -0.372 e. The van der Waals surface area contributed by atoms with Crippen LogP contribution in [-0.4, -0.2) is 74.4 Å². The summed E-state index contributed by atoms with van der Waals surface area (Å²) < 4.78 is 5.82. The fraction of sp³-hybridized carbons (Fsp3) is 0.545. The lowest BCUT2D eigenvalue weighted by Gasteiger charge is -2.37. The molecule has 0 radical (unpaired) electrons. The smallest absolute Gasteiger partial charge is 0.194 e. The van der Waals surface area contributed by atoms with Crippen LogP contribution in [0.2, 0.25) is 0 Å². The maximum Gasteiger partial charge on any atom is 0.194 e. The highest BCUT2D eigenvalue weighted by Gasteiger charge is 2.23. The molecule has 2 aromatic rings. The number of ether oxygens (including phenoxy) is 1. The maximum absolute atomic E-state index is 5.82. The molecular weight excluding hydrogens is 523 g/mol. The first kappa shape index (κ1) is 24.1. The Labute approximate surface area is 206 Å². The summed E-state index contributed by atoms with van der Waals surface area (Å²) in [5.74, 6) is 1.98. The third-order valence-corrected chi connectivity index (χ3v) is 6.54. The minimum absolute atomic E-state index is 0. The van der Waals surface area contributed by atoms with Gasteiger partial charge in [-0.1, -0.05) is 6.07 Å². The highest BCUT2D eigenvalue weighted by atomic mass is 127. The van der Waals surface area contributed by atoms with E-state index >= 15 is 0 Å². The highest BCUT2D eigenvalue weighted by molar-refractivity contribution is 14.0. The number of morpholine rings is 1. The number of pyridine rings is 1. The molecule has 0 aromatic carbocycles. The monoisotopic (exact) mass is 556 g/mol. The van der Waals surface area contributed by atoms with Crippen LogP contribution in [0.25, 0.3) is 0 Å². The van der Waals surface area contributed by atoms with Gasteiger partial charge < -0.3 is 24.8 Å². The van der Waals surface area contributed by atoms with Gasteiger partial charge in [0.05, 0.1) is 17.2 Å². The van der Waals surface area contributed by atoms with Crippen molar-refractivity contribution in [1.29, 1.82) is 0 Å². The third-order valence-electron chi connectivity index (χ3n) is 5.61. The van der Waals surface area contributed by atoms with Crippen molar-refractivity contribution in [2.24, 2.45) is 4.99 Å². The summed E-state index contributed by atoms with van der Waals surface area (Å²) >= 11 is 1.81. The number of piperazine rings is 1. The van der Waals surface area contributed by atoms with Gasteiger partial charge in [0.25, 0.3) is 0 Å². The summed E-state index contributed by atoms with van der Waals surface area (Å²) in [4.78, 5) is 16.3. The van der Waals surface area contributed by atoms with Crippen LogP contribution in [0.5, 0.6) is 0 Å². The molecule has 2 aliphatic rings. The Morgan fingerprint density at radius 2 is 1.87 bits per heavy atom. The molecule has 2 saturated heterocycles. The van der Waals surface area contributed by atoms with Crippen molar-refractivity contribution in [2.45, 2.75) is 32.6 Å². The summed E-state index contributed by atoms with van der Waals surface area (Å²) in [5, 5.41) is 7.00. The lowest BCUT2D eigenvalue weighted by molar-refractivity contribution is -0.00545. The van der Waals surface area contributed by atoms with Crippen LogP contribution < -0.4 is 15.1 Å². The molecule has 0 bridgehead atoms. The van der Waals surface area contributed by atoms with Gasteiger partial charge >= 0.3 is 0 Å². The minimum atomic E-state index is 0. The van der Waals surface area contributed by atoms with Gasteiger partial charge in [0.1, 0.15) is 5.82 Å². The highest BCUT2D eigenvalue weighted by Crippen LogP contribution is 2.22. The Morgan fingerprint density at radius 1 is 1.13 bits per heavy atom. The van der Waals surface area contributed by atoms with E-state index in [9.17, 15) is 0 Å². The molecule has 0 amide bonds. The Hall–Kier alpha value is -1.59. The average molecular weight is 557 g/mol. The van der Waals surface area contributed by atoms with Gasteiger partial charge in [-0.3, -0.25) is 4.99 Å². The van der Waals surface area contributed by atoms with Gasteiger partial charge in [-0.05, 0) is 43.0 Å². The van der Waals surface area contributed by atoms with Gasteiger partial charge in [-0.25, -0.2) is 4.98 Å². The van der Waals surface area contributed by atoms with Crippen LogP contribution in [-0.2, 0) is 11.3 Å². The van der Waals surface area contributed by atoms with E-state index in [1.165, 1.54) is 5.00 Å². The first-order chi connectivity index (χ1) is 14.6. The Balaban J connectivity index is 0.00000272. The first-order valence-electron chi connectivity index (χ1n) is 10.7. The van der Waals surface area contributed by atoms with E-state index in [1.807, 2.05) is 24.6 Å². The molecule has 0 saturated carbocycles. The van der Waals surface area contributed by atoms with E-state index in [0.717, 1.165) is 63.2 Å². The van der Waals surface area contributed by atoms with Gasteiger partial charge in [0.2, 0.25) is 0 Å². The molecule has 2 atom stereocenters. The number of aromatic nitrogens is 1. The molecule has 0 spiro atoms. The van der Waals surface area contributed by atoms with E-state index in [2.05, 4.69) is 68.5 Å². The third kappa shape index (κ3) is 6.23. The summed E-state index contributed by atoms with van der Waals surface area (Å²) in [6, 6.07) is 8.58. The predicted octanol–water partition coefficient (Wildman–Crippen LogP) is 3.27. The van der Waals surface area contributed by atoms with Crippen molar-refractivity contribution in [3.05, 3.63) is 41.4 Å². The van der Waals surface area contributed by atoms with E-state index < -0.39 is 0 Å². The number of nitrogens with one attached hydrogen (secondary N) is 1. The molecule has 31 heavy (non-hydrogen) atoms. The van der Waals surface area contributed by atoms with Crippen LogP contribution in [0.1, 0.15) is 19.4 Å². The number of aliphatic imine (C=N–C) groups is 1. The Morgan fingerprint density at radius 3 is 2.45 bits per heavy atom. The van der Waals surface area contributed by atoms with Gasteiger partial charge in [-0.15, -0.1) is 35.3 Å². The second-order valence-electron chi connectivity index (χ2n) is 8.01. The van der Waals surface area contributed by atoms with Crippen molar-refractivity contribution in [2.75, 3.05) is 56.1 Å². The summed E-state index contributed by atoms with van der Waals surface area (Å²) in [6.07, 6.45) is 2.44. The zero-order valence-electron chi connectivity index (χ0n) is 18.5. The summed E-state index contributed by atoms with van der Waals surface area (Å²) in [7, 11) is 1.86. The van der Waals surface area contributed by atoms with Crippen LogP contribution in [0, 0.1) is 0 Å². The molecule has 4 heterocycles.